The smallest absolute Gasteiger partial charge is 0.103 e. The third-order valence-electron chi connectivity index (χ3n) is 3.35. The quantitative estimate of drug-likeness (QED) is 0.478. The number of nitrogens with zero attached hydrogens (tertiary/aromatic N) is 2. The molecule has 4 aromatic rings. The van der Waals surface area contributed by atoms with Crippen molar-refractivity contribution in [3.8, 4) is 0 Å². The average Bonchev–Trinajstić information content (AvgIpc) is 2.55. The Morgan fingerprint density at radius 1 is 0.545 bits per heavy atom. The van der Waals surface area contributed by atoms with Gasteiger partial charge in [0.05, 0.1) is 11.0 Å². The molecule has 0 bridgehead atoms. The van der Waals surface area contributed by atoms with E-state index < -0.39 is 0 Å². The second-order valence-electron chi connectivity index (χ2n) is 4.79. The van der Waals surface area contributed by atoms with Gasteiger partial charge < -0.3 is 0 Å². The van der Waals surface area contributed by atoms with Gasteiger partial charge in [0.2, 0.25) is 0 Å². The number of para-hydroxylation sites is 2. The molecule has 22 heavy (non-hydrogen) atoms. The van der Waals surface area contributed by atoms with Crippen molar-refractivity contribution in [1.29, 1.82) is 0 Å². The van der Waals surface area contributed by atoms with Crippen molar-refractivity contribution in [2.24, 2.45) is 0 Å². The summed E-state index contributed by atoms with van der Waals surface area (Å²) in [7, 11) is 0. The zero-order valence-corrected chi connectivity index (χ0v) is 15.7. The normalized spacial score (nSPS) is 10.5. The second-order valence-corrected chi connectivity index (χ2v) is 5.83. The van der Waals surface area contributed by atoms with Crippen LogP contribution in [0, 0.1) is 0 Å². The molecule has 2 aromatic carbocycles. The van der Waals surface area contributed by atoms with Crippen LogP contribution in [0.5, 0.6) is 0 Å². The van der Waals surface area contributed by atoms with Crippen molar-refractivity contribution in [3.63, 3.8) is 0 Å². The Labute approximate surface area is 145 Å². The summed E-state index contributed by atoms with van der Waals surface area (Å²) in [5, 5.41) is 4.26. The van der Waals surface area contributed by atoms with Gasteiger partial charge in [-0.05, 0) is 24.3 Å². The molecule has 102 valence electrons. The van der Waals surface area contributed by atoms with E-state index in [0.717, 1.165) is 31.9 Å². The summed E-state index contributed by atoms with van der Waals surface area (Å²) in [5.74, 6) is 0. The van der Waals surface area contributed by atoms with Gasteiger partial charge in [0.25, 0.3) is 0 Å². The Balaban J connectivity index is 0.00000144. The van der Waals surface area contributed by atoms with Crippen LogP contribution in [0.3, 0.4) is 0 Å². The van der Waals surface area contributed by atoms with Gasteiger partial charge in [-0.1, -0.05) is 60.3 Å². The molecule has 0 radical (unpaired) electrons. The first-order chi connectivity index (χ1) is 10.4. The fourth-order valence-corrected chi connectivity index (χ4v) is 3.09. The number of rotatable bonds is 2. The van der Waals surface area contributed by atoms with E-state index in [2.05, 4.69) is 34.2 Å². The van der Waals surface area contributed by atoms with E-state index in [9.17, 15) is 0 Å². The van der Waals surface area contributed by atoms with Gasteiger partial charge >= 0.3 is 0 Å². The summed E-state index contributed by atoms with van der Waals surface area (Å²) in [6.07, 6.45) is 0. The van der Waals surface area contributed by atoms with Crippen molar-refractivity contribution in [1.82, 2.24) is 9.97 Å². The van der Waals surface area contributed by atoms with Crippen molar-refractivity contribution in [2.45, 2.75) is 10.1 Å². The van der Waals surface area contributed by atoms with Crippen LogP contribution in [0.1, 0.15) is 0 Å². The zero-order chi connectivity index (χ0) is 14.1. The topological polar surface area (TPSA) is 25.8 Å². The molecule has 0 aliphatic carbocycles. The van der Waals surface area contributed by atoms with E-state index in [1.165, 1.54) is 0 Å². The Bertz CT molecular complexity index is 863. The summed E-state index contributed by atoms with van der Waals surface area (Å²) in [6.45, 7) is 0. The van der Waals surface area contributed by atoms with Crippen LogP contribution in [-0.4, -0.2) is 9.97 Å². The third kappa shape index (κ3) is 3.04. The third-order valence-corrected chi connectivity index (χ3v) is 4.23. The molecule has 0 amide bonds. The molecule has 2 aromatic heterocycles. The van der Waals surface area contributed by atoms with Crippen LogP contribution in [0.4, 0.5) is 0 Å². The van der Waals surface area contributed by atoms with Gasteiger partial charge in [-0.3, -0.25) is 0 Å². The molecule has 0 atom stereocenters. The molecule has 0 N–H and O–H groups in total. The SMILES string of the molecule is [Zn].c1ccc2nc(Sc3ccc4ccccc4n3)ccc2c1. The van der Waals surface area contributed by atoms with Crippen molar-refractivity contribution >= 4 is 33.6 Å². The van der Waals surface area contributed by atoms with E-state index in [1.54, 1.807) is 11.8 Å². The van der Waals surface area contributed by atoms with Gasteiger partial charge in [-0.25, -0.2) is 9.97 Å². The van der Waals surface area contributed by atoms with Crippen LogP contribution >= 0.6 is 11.8 Å². The van der Waals surface area contributed by atoms with Gasteiger partial charge in [-0.2, -0.15) is 0 Å². The number of hydrogen-bond acceptors (Lipinski definition) is 3. The predicted octanol–water partition coefficient (Wildman–Crippen LogP) is 4.93. The van der Waals surface area contributed by atoms with Gasteiger partial charge in [-0.15, -0.1) is 0 Å². The Morgan fingerprint density at radius 3 is 1.50 bits per heavy atom. The first-order valence-electron chi connectivity index (χ1n) is 6.78. The molecular weight excluding hydrogens is 342 g/mol. The van der Waals surface area contributed by atoms with Gasteiger partial charge in [0.15, 0.2) is 0 Å². The summed E-state index contributed by atoms with van der Waals surface area (Å²) in [6, 6.07) is 24.6. The summed E-state index contributed by atoms with van der Waals surface area (Å²) in [4.78, 5) is 9.35. The number of fused-ring (bicyclic) bond motifs is 2. The molecule has 0 aliphatic heterocycles. The summed E-state index contributed by atoms with van der Waals surface area (Å²) < 4.78 is 0. The van der Waals surface area contributed by atoms with E-state index in [1.807, 2.05) is 48.5 Å². The monoisotopic (exact) mass is 352 g/mol. The number of hydrogen-bond donors (Lipinski definition) is 0. The summed E-state index contributed by atoms with van der Waals surface area (Å²) >= 11 is 1.60. The molecule has 4 heteroatoms. The largest absolute Gasteiger partial charge is 0.241 e. The molecule has 0 unspecified atom stereocenters. The van der Waals surface area contributed by atoms with Crippen molar-refractivity contribution in [3.05, 3.63) is 72.8 Å². The minimum absolute atomic E-state index is 0. The molecule has 4 rings (SSSR count). The van der Waals surface area contributed by atoms with Crippen LogP contribution in [0.2, 0.25) is 0 Å². The van der Waals surface area contributed by atoms with E-state index >= 15 is 0 Å². The first-order valence-corrected chi connectivity index (χ1v) is 7.60. The first kappa shape index (κ1) is 15.1. The summed E-state index contributed by atoms with van der Waals surface area (Å²) in [5.41, 5.74) is 2.03. The minimum atomic E-state index is 0. The Morgan fingerprint density at radius 2 is 1.00 bits per heavy atom. The van der Waals surface area contributed by atoms with E-state index in [4.69, 9.17) is 0 Å². The van der Waals surface area contributed by atoms with Crippen molar-refractivity contribution in [2.75, 3.05) is 0 Å². The standard InChI is InChI=1S/C18H12N2S.Zn/c1-3-7-15-13(5-1)9-11-17(19-15)21-18-12-10-14-6-2-4-8-16(14)20-18;/h1-12H;. The molecular formula is C18H12N2SZn. The zero-order valence-electron chi connectivity index (χ0n) is 11.9. The van der Waals surface area contributed by atoms with E-state index in [0.29, 0.717) is 0 Å². The van der Waals surface area contributed by atoms with Crippen LogP contribution < -0.4 is 0 Å². The molecule has 0 fully saturated rings. The molecule has 0 aliphatic rings. The molecule has 2 heterocycles. The van der Waals surface area contributed by atoms with Crippen LogP contribution in [0.25, 0.3) is 21.8 Å². The second kappa shape index (κ2) is 6.55. The predicted molar refractivity (Wildman–Crippen MR) is 87.6 cm³/mol. The maximum absolute atomic E-state index is 4.67. The maximum Gasteiger partial charge on any atom is 0.103 e. The number of aromatic nitrogens is 2. The van der Waals surface area contributed by atoms with Crippen molar-refractivity contribution < 1.29 is 19.5 Å². The molecule has 2 nitrogen and oxygen atoms in total. The molecule has 0 spiro atoms. The number of pyridine rings is 2. The minimum Gasteiger partial charge on any atom is -0.241 e. The average molecular weight is 354 g/mol. The number of benzene rings is 2. The maximum atomic E-state index is 4.67. The van der Waals surface area contributed by atoms with Crippen LogP contribution in [0.15, 0.2) is 82.8 Å². The van der Waals surface area contributed by atoms with Gasteiger partial charge in [0.1, 0.15) is 10.1 Å². The molecule has 0 saturated heterocycles. The fraction of sp³-hybridized carbons (Fsp3) is 0. The van der Waals surface area contributed by atoms with Gasteiger partial charge in [0, 0.05) is 30.3 Å². The molecule has 0 saturated carbocycles. The Hall–Kier alpha value is -1.77. The fourth-order valence-electron chi connectivity index (χ4n) is 2.32. The Kier molecular flexibility index (Phi) is 4.51. The van der Waals surface area contributed by atoms with Crippen LogP contribution in [-0.2, 0) is 19.5 Å². The van der Waals surface area contributed by atoms with E-state index in [-0.39, 0.29) is 19.5 Å².